The van der Waals surface area contributed by atoms with Crippen LogP contribution in [0.15, 0.2) is 41.6 Å². The highest BCUT2D eigenvalue weighted by Crippen LogP contribution is 2.25. The molecule has 17 heavy (non-hydrogen) atoms. The van der Waals surface area contributed by atoms with Crippen molar-refractivity contribution >= 4 is 17.4 Å². The quantitative estimate of drug-likeness (QED) is 0.668. The molecule has 1 aromatic heterocycles. The smallest absolute Gasteiger partial charge is 0.147 e. The standard InChI is InChI=1S/C13H13FN2S/c1-9-4-10(7-16-6-9)8-17-11-2-3-13(15)12(14)5-11/h2-7H,8,15H2,1H3. The lowest BCUT2D eigenvalue weighted by molar-refractivity contribution is 0.629. The zero-order valence-corrected chi connectivity index (χ0v) is 10.3. The van der Waals surface area contributed by atoms with E-state index in [-0.39, 0.29) is 11.5 Å². The van der Waals surface area contributed by atoms with Crippen LogP contribution in [0.1, 0.15) is 11.1 Å². The molecule has 2 N–H and O–H groups in total. The first-order chi connectivity index (χ1) is 8.15. The Hall–Kier alpha value is -1.55. The summed E-state index contributed by atoms with van der Waals surface area (Å²) in [7, 11) is 0. The first kappa shape index (κ1) is 11.9. The minimum absolute atomic E-state index is 0.187. The van der Waals surface area contributed by atoms with E-state index in [1.807, 2.05) is 25.4 Å². The summed E-state index contributed by atoms with van der Waals surface area (Å²) in [5, 5.41) is 0. The van der Waals surface area contributed by atoms with Crippen molar-refractivity contribution in [2.24, 2.45) is 0 Å². The molecule has 0 aliphatic rings. The predicted molar refractivity (Wildman–Crippen MR) is 69.3 cm³/mol. The topological polar surface area (TPSA) is 38.9 Å². The van der Waals surface area contributed by atoms with E-state index < -0.39 is 0 Å². The second-order valence-corrected chi connectivity index (χ2v) is 4.89. The fourth-order valence-corrected chi connectivity index (χ4v) is 2.30. The molecule has 0 atom stereocenters. The number of pyridine rings is 1. The first-order valence-corrected chi connectivity index (χ1v) is 6.22. The number of hydrogen-bond donors (Lipinski definition) is 1. The van der Waals surface area contributed by atoms with Gasteiger partial charge in [0.15, 0.2) is 0 Å². The van der Waals surface area contributed by atoms with Crippen LogP contribution in [0.25, 0.3) is 0 Å². The summed E-state index contributed by atoms with van der Waals surface area (Å²) >= 11 is 1.57. The van der Waals surface area contributed by atoms with E-state index in [4.69, 9.17) is 5.73 Å². The van der Waals surface area contributed by atoms with Gasteiger partial charge in [-0.15, -0.1) is 11.8 Å². The van der Waals surface area contributed by atoms with Gasteiger partial charge in [0.05, 0.1) is 5.69 Å². The molecular weight excluding hydrogens is 235 g/mol. The molecule has 4 heteroatoms. The van der Waals surface area contributed by atoms with E-state index in [9.17, 15) is 4.39 Å². The minimum atomic E-state index is -0.364. The van der Waals surface area contributed by atoms with Crippen molar-refractivity contribution in [3.05, 3.63) is 53.6 Å². The van der Waals surface area contributed by atoms with Crippen LogP contribution in [-0.2, 0) is 5.75 Å². The first-order valence-electron chi connectivity index (χ1n) is 5.23. The third-order valence-electron chi connectivity index (χ3n) is 2.31. The molecule has 0 fully saturated rings. The number of rotatable bonds is 3. The second kappa shape index (κ2) is 5.19. The van der Waals surface area contributed by atoms with Gasteiger partial charge >= 0.3 is 0 Å². The number of halogens is 1. The zero-order valence-electron chi connectivity index (χ0n) is 9.48. The molecule has 0 aliphatic carbocycles. The maximum absolute atomic E-state index is 13.2. The van der Waals surface area contributed by atoms with Crippen molar-refractivity contribution in [1.82, 2.24) is 4.98 Å². The number of thioether (sulfide) groups is 1. The lowest BCUT2D eigenvalue weighted by Gasteiger charge is -2.04. The molecule has 0 unspecified atom stereocenters. The number of aryl methyl sites for hydroxylation is 1. The van der Waals surface area contributed by atoms with Crippen LogP contribution in [0.4, 0.5) is 10.1 Å². The number of nitrogens with two attached hydrogens (primary N) is 1. The van der Waals surface area contributed by atoms with Gasteiger partial charge < -0.3 is 5.73 Å². The molecule has 0 radical (unpaired) electrons. The van der Waals surface area contributed by atoms with E-state index >= 15 is 0 Å². The Morgan fingerprint density at radius 3 is 2.82 bits per heavy atom. The SMILES string of the molecule is Cc1cncc(CSc2ccc(N)c(F)c2)c1. The molecule has 2 rings (SSSR count). The highest BCUT2D eigenvalue weighted by Gasteiger charge is 2.01. The summed E-state index contributed by atoms with van der Waals surface area (Å²) in [5.41, 5.74) is 7.87. The zero-order chi connectivity index (χ0) is 12.3. The van der Waals surface area contributed by atoms with E-state index in [0.717, 1.165) is 21.8 Å². The molecular formula is C13H13FN2S. The summed E-state index contributed by atoms with van der Waals surface area (Å²) in [6, 6.07) is 6.95. The number of nitrogens with zero attached hydrogens (tertiary/aromatic N) is 1. The average Bonchev–Trinajstić information content (AvgIpc) is 2.31. The monoisotopic (exact) mass is 248 g/mol. The van der Waals surface area contributed by atoms with Gasteiger partial charge in [-0.1, -0.05) is 6.07 Å². The Morgan fingerprint density at radius 1 is 1.29 bits per heavy atom. The predicted octanol–water partition coefficient (Wildman–Crippen LogP) is 3.40. The molecule has 0 amide bonds. The number of aromatic nitrogens is 1. The van der Waals surface area contributed by atoms with E-state index in [1.54, 1.807) is 17.8 Å². The van der Waals surface area contributed by atoms with Crippen LogP contribution in [0.5, 0.6) is 0 Å². The largest absolute Gasteiger partial charge is 0.396 e. The van der Waals surface area contributed by atoms with Gasteiger partial charge in [0, 0.05) is 23.0 Å². The van der Waals surface area contributed by atoms with E-state index in [2.05, 4.69) is 11.1 Å². The van der Waals surface area contributed by atoms with Gasteiger partial charge in [-0.25, -0.2) is 4.39 Å². The Labute approximate surface area is 104 Å². The van der Waals surface area contributed by atoms with Crippen molar-refractivity contribution in [2.45, 2.75) is 17.6 Å². The third kappa shape index (κ3) is 3.20. The van der Waals surface area contributed by atoms with Gasteiger partial charge in [-0.2, -0.15) is 0 Å². The molecule has 1 aromatic carbocycles. The number of hydrogen-bond acceptors (Lipinski definition) is 3. The fourth-order valence-electron chi connectivity index (χ4n) is 1.46. The maximum atomic E-state index is 13.2. The van der Waals surface area contributed by atoms with Crippen LogP contribution in [0, 0.1) is 12.7 Å². The number of nitrogen functional groups attached to an aromatic ring is 1. The van der Waals surface area contributed by atoms with Gasteiger partial charge in [-0.05, 0) is 36.2 Å². The summed E-state index contributed by atoms with van der Waals surface area (Å²) in [5.74, 6) is 0.412. The van der Waals surface area contributed by atoms with E-state index in [0.29, 0.717) is 0 Å². The molecule has 2 nitrogen and oxygen atoms in total. The number of benzene rings is 1. The Balaban J connectivity index is 2.05. The van der Waals surface area contributed by atoms with Gasteiger partial charge in [-0.3, -0.25) is 4.98 Å². The van der Waals surface area contributed by atoms with Gasteiger partial charge in [0.2, 0.25) is 0 Å². The summed E-state index contributed by atoms with van der Waals surface area (Å²) in [6.07, 6.45) is 3.64. The Morgan fingerprint density at radius 2 is 2.12 bits per heavy atom. The van der Waals surface area contributed by atoms with Crippen LogP contribution in [-0.4, -0.2) is 4.98 Å². The van der Waals surface area contributed by atoms with Crippen molar-refractivity contribution in [3.63, 3.8) is 0 Å². The van der Waals surface area contributed by atoms with Crippen molar-refractivity contribution < 1.29 is 4.39 Å². The molecule has 0 saturated carbocycles. The van der Waals surface area contributed by atoms with Gasteiger partial charge in [0.1, 0.15) is 5.82 Å². The van der Waals surface area contributed by atoms with E-state index in [1.165, 1.54) is 6.07 Å². The molecule has 0 aliphatic heterocycles. The molecule has 1 heterocycles. The van der Waals surface area contributed by atoms with Crippen LogP contribution >= 0.6 is 11.8 Å². The second-order valence-electron chi connectivity index (χ2n) is 3.84. The summed E-state index contributed by atoms with van der Waals surface area (Å²) in [6.45, 7) is 2.00. The maximum Gasteiger partial charge on any atom is 0.147 e. The minimum Gasteiger partial charge on any atom is -0.396 e. The molecule has 2 aromatic rings. The lowest BCUT2D eigenvalue weighted by atomic mass is 10.2. The van der Waals surface area contributed by atoms with Crippen molar-refractivity contribution in [2.75, 3.05) is 5.73 Å². The lowest BCUT2D eigenvalue weighted by Crippen LogP contribution is -1.90. The highest BCUT2D eigenvalue weighted by molar-refractivity contribution is 7.98. The fraction of sp³-hybridized carbons (Fsp3) is 0.154. The molecule has 0 spiro atoms. The Bertz CT molecular complexity index is 529. The number of anilines is 1. The normalized spacial score (nSPS) is 10.5. The Kier molecular flexibility index (Phi) is 3.64. The van der Waals surface area contributed by atoms with Gasteiger partial charge in [0.25, 0.3) is 0 Å². The van der Waals surface area contributed by atoms with Crippen molar-refractivity contribution in [3.8, 4) is 0 Å². The summed E-state index contributed by atoms with van der Waals surface area (Å²) in [4.78, 5) is 4.99. The highest BCUT2D eigenvalue weighted by atomic mass is 32.2. The van der Waals surface area contributed by atoms with Crippen LogP contribution in [0.2, 0.25) is 0 Å². The third-order valence-corrected chi connectivity index (χ3v) is 3.37. The van der Waals surface area contributed by atoms with Crippen LogP contribution < -0.4 is 5.73 Å². The average molecular weight is 248 g/mol. The summed E-state index contributed by atoms with van der Waals surface area (Å²) < 4.78 is 13.2. The molecule has 0 bridgehead atoms. The molecule has 0 saturated heterocycles. The van der Waals surface area contributed by atoms with Crippen molar-refractivity contribution in [1.29, 1.82) is 0 Å². The molecule has 88 valence electrons. The van der Waals surface area contributed by atoms with Crippen LogP contribution in [0.3, 0.4) is 0 Å².